The maximum atomic E-state index is 12.9. The molecular formula is C22H21N3O6. The number of esters is 1. The number of hydrogen-bond acceptors (Lipinski definition) is 6. The molecule has 0 spiro atoms. The van der Waals surface area contributed by atoms with Gasteiger partial charge in [0.15, 0.2) is 12.7 Å². The number of anilines is 3. The maximum Gasteiger partial charge on any atom is 0.310 e. The predicted octanol–water partition coefficient (Wildman–Crippen LogP) is 2.08. The van der Waals surface area contributed by atoms with Crippen molar-refractivity contribution in [1.82, 2.24) is 0 Å². The van der Waals surface area contributed by atoms with E-state index in [-0.39, 0.29) is 18.7 Å². The fourth-order valence-electron chi connectivity index (χ4n) is 3.62. The molecule has 9 nitrogen and oxygen atoms in total. The van der Waals surface area contributed by atoms with Crippen LogP contribution < -0.4 is 20.3 Å². The van der Waals surface area contributed by atoms with Gasteiger partial charge in [0.1, 0.15) is 5.75 Å². The van der Waals surface area contributed by atoms with Gasteiger partial charge in [-0.15, -0.1) is 0 Å². The van der Waals surface area contributed by atoms with E-state index in [4.69, 9.17) is 9.47 Å². The Kier molecular flexibility index (Phi) is 5.57. The fraction of sp³-hybridized carbons (Fsp3) is 0.273. The summed E-state index contributed by atoms with van der Waals surface area (Å²) in [5.74, 6) is -1.40. The van der Waals surface area contributed by atoms with Crippen LogP contribution in [0.15, 0.2) is 48.5 Å². The van der Waals surface area contributed by atoms with E-state index >= 15 is 0 Å². The number of rotatable bonds is 4. The van der Waals surface area contributed by atoms with Gasteiger partial charge < -0.3 is 25.0 Å². The highest BCUT2D eigenvalue weighted by molar-refractivity contribution is 6.05. The van der Waals surface area contributed by atoms with Crippen LogP contribution in [0.5, 0.6) is 5.75 Å². The summed E-state index contributed by atoms with van der Waals surface area (Å²) < 4.78 is 10.7. The summed E-state index contributed by atoms with van der Waals surface area (Å²) in [4.78, 5) is 50.8. The highest BCUT2D eigenvalue weighted by atomic mass is 16.5. The van der Waals surface area contributed by atoms with Crippen molar-refractivity contribution >= 4 is 40.8 Å². The highest BCUT2D eigenvalue weighted by Gasteiger charge is 2.32. The third-order valence-corrected chi connectivity index (χ3v) is 5.04. The molecule has 0 aliphatic carbocycles. The van der Waals surface area contributed by atoms with Crippen LogP contribution in [0.25, 0.3) is 0 Å². The summed E-state index contributed by atoms with van der Waals surface area (Å²) >= 11 is 0. The van der Waals surface area contributed by atoms with E-state index in [0.29, 0.717) is 22.8 Å². The Hall–Kier alpha value is -3.88. The van der Waals surface area contributed by atoms with E-state index in [0.717, 1.165) is 0 Å². The first-order valence-electron chi connectivity index (χ1n) is 9.85. The second kappa shape index (κ2) is 8.47. The van der Waals surface area contributed by atoms with Crippen LogP contribution in [0.4, 0.5) is 17.1 Å². The number of nitrogens with one attached hydrogen (secondary N) is 2. The third-order valence-electron chi connectivity index (χ3n) is 5.04. The standard InChI is InChI=1S/C22H21N3O6/c1-13-10-19(26)23-14-6-2-4-8-16(14)25(13)20(27)12-30-21(28)11-18-22(29)24-15-7-3-5-9-17(15)31-18/h2-9,13,18H,10-12H2,1H3,(H,23,26)(H,24,29). The zero-order chi connectivity index (χ0) is 22.0. The molecule has 2 aromatic carbocycles. The lowest BCUT2D eigenvalue weighted by Crippen LogP contribution is -2.42. The molecule has 0 saturated carbocycles. The maximum absolute atomic E-state index is 12.9. The number of carbonyl (C=O) groups excluding carboxylic acids is 4. The molecule has 0 radical (unpaired) electrons. The van der Waals surface area contributed by atoms with E-state index in [9.17, 15) is 19.2 Å². The lowest BCUT2D eigenvalue weighted by Gasteiger charge is -2.28. The van der Waals surface area contributed by atoms with Gasteiger partial charge in [-0.05, 0) is 31.2 Å². The molecule has 2 aliphatic rings. The third kappa shape index (κ3) is 4.35. The second-order valence-corrected chi connectivity index (χ2v) is 7.34. The Balaban J connectivity index is 1.39. The summed E-state index contributed by atoms with van der Waals surface area (Å²) in [6.45, 7) is 1.23. The van der Waals surface area contributed by atoms with Crippen LogP contribution in [0.1, 0.15) is 19.8 Å². The molecule has 2 aromatic rings. The fourth-order valence-corrected chi connectivity index (χ4v) is 3.62. The van der Waals surface area contributed by atoms with Gasteiger partial charge in [-0.3, -0.25) is 19.2 Å². The average Bonchev–Trinajstić information content (AvgIpc) is 2.86. The predicted molar refractivity (Wildman–Crippen MR) is 112 cm³/mol. The molecule has 2 unspecified atom stereocenters. The van der Waals surface area contributed by atoms with Gasteiger partial charge in [0.05, 0.1) is 23.5 Å². The van der Waals surface area contributed by atoms with Crippen molar-refractivity contribution in [3.05, 3.63) is 48.5 Å². The van der Waals surface area contributed by atoms with Gasteiger partial charge in [-0.2, -0.15) is 0 Å². The molecular weight excluding hydrogens is 402 g/mol. The lowest BCUT2D eigenvalue weighted by atomic mass is 10.1. The number of ether oxygens (including phenoxy) is 2. The van der Waals surface area contributed by atoms with Crippen LogP contribution in [0.2, 0.25) is 0 Å². The van der Waals surface area contributed by atoms with Crippen molar-refractivity contribution in [3.63, 3.8) is 0 Å². The minimum Gasteiger partial charge on any atom is -0.478 e. The number of hydrogen-bond donors (Lipinski definition) is 2. The normalized spacial score (nSPS) is 19.7. The van der Waals surface area contributed by atoms with Gasteiger partial charge in [0.25, 0.3) is 11.8 Å². The van der Waals surface area contributed by atoms with E-state index in [1.54, 1.807) is 55.5 Å². The van der Waals surface area contributed by atoms with Crippen molar-refractivity contribution in [1.29, 1.82) is 0 Å². The van der Waals surface area contributed by atoms with Gasteiger partial charge in [0, 0.05) is 12.5 Å². The zero-order valence-electron chi connectivity index (χ0n) is 16.8. The van der Waals surface area contributed by atoms with Crippen LogP contribution in [0.3, 0.4) is 0 Å². The molecule has 160 valence electrons. The Morgan fingerprint density at radius 3 is 2.58 bits per heavy atom. The lowest BCUT2D eigenvalue weighted by molar-refractivity contribution is -0.151. The highest BCUT2D eigenvalue weighted by Crippen LogP contribution is 2.32. The van der Waals surface area contributed by atoms with Crippen molar-refractivity contribution in [3.8, 4) is 5.75 Å². The Morgan fingerprint density at radius 2 is 1.77 bits per heavy atom. The molecule has 0 bridgehead atoms. The number of benzene rings is 2. The first-order valence-corrected chi connectivity index (χ1v) is 9.85. The Morgan fingerprint density at radius 1 is 1.06 bits per heavy atom. The van der Waals surface area contributed by atoms with Crippen molar-refractivity contribution in [2.45, 2.75) is 31.9 Å². The number of amides is 3. The number of carbonyl (C=O) groups is 4. The van der Waals surface area contributed by atoms with Crippen molar-refractivity contribution in [2.75, 3.05) is 22.1 Å². The topological polar surface area (TPSA) is 114 Å². The van der Waals surface area contributed by atoms with E-state index in [1.165, 1.54) is 4.90 Å². The monoisotopic (exact) mass is 423 g/mol. The van der Waals surface area contributed by atoms with E-state index in [2.05, 4.69) is 10.6 Å². The zero-order valence-corrected chi connectivity index (χ0v) is 16.8. The average molecular weight is 423 g/mol. The molecule has 2 aliphatic heterocycles. The molecule has 0 fully saturated rings. The molecule has 9 heteroatoms. The van der Waals surface area contributed by atoms with Gasteiger partial charge in [0.2, 0.25) is 5.91 Å². The van der Waals surface area contributed by atoms with Crippen molar-refractivity contribution < 1.29 is 28.7 Å². The van der Waals surface area contributed by atoms with Gasteiger partial charge in [-0.25, -0.2) is 0 Å². The summed E-state index contributed by atoms with van der Waals surface area (Å²) in [5.41, 5.74) is 1.58. The molecule has 4 rings (SSSR count). The van der Waals surface area contributed by atoms with E-state index < -0.39 is 36.5 Å². The first-order chi connectivity index (χ1) is 14.9. The first kappa shape index (κ1) is 20.4. The van der Waals surface area contributed by atoms with Gasteiger partial charge >= 0.3 is 5.97 Å². The van der Waals surface area contributed by atoms with E-state index in [1.807, 2.05) is 0 Å². The molecule has 0 aromatic heterocycles. The molecule has 3 amide bonds. The summed E-state index contributed by atoms with van der Waals surface area (Å²) in [6, 6.07) is 13.4. The van der Waals surface area contributed by atoms with Crippen LogP contribution in [0, 0.1) is 0 Å². The van der Waals surface area contributed by atoms with Crippen molar-refractivity contribution in [2.24, 2.45) is 0 Å². The van der Waals surface area contributed by atoms with Crippen LogP contribution >= 0.6 is 0 Å². The summed E-state index contributed by atoms with van der Waals surface area (Å²) in [5, 5.41) is 5.44. The Labute approximate surface area is 178 Å². The quantitative estimate of drug-likeness (QED) is 0.728. The van der Waals surface area contributed by atoms with Crippen LogP contribution in [-0.2, 0) is 23.9 Å². The molecule has 31 heavy (non-hydrogen) atoms. The number of fused-ring (bicyclic) bond motifs is 2. The second-order valence-electron chi connectivity index (χ2n) is 7.34. The molecule has 0 saturated heterocycles. The van der Waals surface area contributed by atoms with Gasteiger partial charge in [-0.1, -0.05) is 24.3 Å². The smallest absolute Gasteiger partial charge is 0.310 e. The SMILES string of the molecule is CC1CC(=O)Nc2ccccc2N1C(=O)COC(=O)CC1Oc2ccccc2NC1=O. The van der Waals surface area contributed by atoms with Crippen LogP contribution in [-0.4, -0.2) is 42.4 Å². The minimum atomic E-state index is -1.04. The minimum absolute atomic E-state index is 0.115. The number of nitrogens with zero attached hydrogens (tertiary/aromatic N) is 1. The molecule has 2 N–H and O–H groups in total. The Bertz CT molecular complexity index is 1050. The molecule has 2 atom stereocenters. The molecule has 2 heterocycles. The largest absolute Gasteiger partial charge is 0.478 e. The number of para-hydroxylation sites is 4. The summed E-state index contributed by atoms with van der Waals surface area (Å²) in [7, 11) is 0. The summed E-state index contributed by atoms with van der Waals surface area (Å²) in [6.07, 6.45) is -1.26.